The van der Waals surface area contributed by atoms with Crippen molar-refractivity contribution in [2.45, 2.75) is 45.6 Å². The third kappa shape index (κ3) is 3.47. The topological polar surface area (TPSA) is 62.7 Å². The van der Waals surface area contributed by atoms with Crippen LogP contribution in [-0.4, -0.2) is 21.2 Å². The molecule has 2 N–H and O–H groups in total. The molecule has 0 spiro atoms. The molecule has 0 amide bonds. The van der Waals surface area contributed by atoms with E-state index < -0.39 is 0 Å². The van der Waals surface area contributed by atoms with Gasteiger partial charge in [0.15, 0.2) is 5.82 Å². The van der Waals surface area contributed by atoms with E-state index in [1.165, 1.54) is 25.7 Å². The summed E-state index contributed by atoms with van der Waals surface area (Å²) >= 11 is 6.31. The summed E-state index contributed by atoms with van der Waals surface area (Å²) in [4.78, 5) is 4.48. The minimum Gasteiger partial charge on any atom is -0.366 e. The zero-order chi connectivity index (χ0) is 15.5. The first-order valence-electron chi connectivity index (χ1n) is 7.62. The molecule has 1 saturated carbocycles. The second kappa shape index (κ2) is 6.48. The van der Waals surface area contributed by atoms with Crippen LogP contribution in [0.25, 0.3) is 0 Å². The van der Waals surface area contributed by atoms with Crippen molar-refractivity contribution in [1.82, 2.24) is 15.2 Å². The van der Waals surface area contributed by atoms with Gasteiger partial charge in [-0.2, -0.15) is 10.1 Å². The molecule has 0 aliphatic heterocycles. The van der Waals surface area contributed by atoms with Gasteiger partial charge in [0, 0.05) is 6.04 Å². The van der Waals surface area contributed by atoms with E-state index in [0.29, 0.717) is 17.0 Å². The van der Waals surface area contributed by atoms with E-state index in [2.05, 4.69) is 31.9 Å². The second-order valence-electron chi connectivity index (χ2n) is 5.85. The summed E-state index contributed by atoms with van der Waals surface area (Å²) in [5.74, 6) is 1.21. The highest BCUT2D eigenvalue weighted by molar-refractivity contribution is 6.33. The summed E-state index contributed by atoms with van der Waals surface area (Å²) in [6.07, 6.45) is 6.59. The quantitative estimate of drug-likeness (QED) is 0.883. The van der Waals surface area contributed by atoms with Gasteiger partial charge in [-0.3, -0.25) is 0 Å². The maximum Gasteiger partial charge on any atom is 0.249 e. The summed E-state index contributed by atoms with van der Waals surface area (Å²) in [5, 5.41) is 15.3. The Morgan fingerprint density at radius 2 is 1.95 bits per heavy atom. The average Bonchev–Trinajstić information content (AvgIpc) is 2.96. The van der Waals surface area contributed by atoms with Crippen LogP contribution >= 0.6 is 11.6 Å². The fourth-order valence-electron chi connectivity index (χ4n) is 2.89. The fraction of sp³-hybridized carbons (Fsp3) is 0.438. The third-order valence-corrected chi connectivity index (χ3v) is 4.23. The Morgan fingerprint density at radius 1 is 1.18 bits per heavy atom. The smallest absolute Gasteiger partial charge is 0.249 e. The van der Waals surface area contributed by atoms with Gasteiger partial charge in [0.25, 0.3) is 0 Å². The normalized spacial score (nSPS) is 15.0. The van der Waals surface area contributed by atoms with Crippen LogP contribution in [0.4, 0.5) is 17.5 Å². The van der Waals surface area contributed by atoms with Crippen LogP contribution in [0.5, 0.6) is 0 Å². The number of hydrogen-bond acceptors (Lipinski definition) is 5. The van der Waals surface area contributed by atoms with Gasteiger partial charge in [-0.25, -0.2) is 0 Å². The van der Waals surface area contributed by atoms with Crippen molar-refractivity contribution in [2.75, 3.05) is 10.6 Å². The molecule has 1 heterocycles. The fourth-order valence-corrected chi connectivity index (χ4v) is 3.26. The lowest BCUT2D eigenvalue weighted by Crippen LogP contribution is -2.16. The van der Waals surface area contributed by atoms with Crippen molar-refractivity contribution in [2.24, 2.45) is 0 Å². The minimum atomic E-state index is 0.455. The number of anilines is 3. The summed E-state index contributed by atoms with van der Waals surface area (Å²) in [5.41, 5.74) is 3.01. The Hall–Kier alpha value is -1.88. The summed E-state index contributed by atoms with van der Waals surface area (Å²) < 4.78 is 0. The molecule has 2 aromatic rings. The first-order valence-corrected chi connectivity index (χ1v) is 7.99. The van der Waals surface area contributed by atoms with E-state index in [9.17, 15) is 0 Å². The van der Waals surface area contributed by atoms with Gasteiger partial charge in [0.05, 0.1) is 16.9 Å². The molecule has 1 fully saturated rings. The van der Waals surface area contributed by atoms with Crippen LogP contribution in [0.3, 0.4) is 0 Å². The maximum absolute atomic E-state index is 6.31. The highest BCUT2D eigenvalue weighted by Crippen LogP contribution is 2.29. The van der Waals surface area contributed by atoms with Crippen molar-refractivity contribution in [3.8, 4) is 0 Å². The number of hydrogen-bond donors (Lipinski definition) is 2. The monoisotopic (exact) mass is 317 g/mol. The summed E-state index contributed by atoms with van der Waals surface area (Å²) in [6, 6.07) is 4.49. The molecule has 1 aromatic carbocycles. The number of nitrogens with one attached hydrogen (secondary N) is 2. The molecule has 0 radical (unpaired) electrons. The Bertz CT molecular complexity index is 644. The van der Waals surface area contributed by atoms with Gasteiger partial charge in [0.2, 0.25) is 5.95 Å². The van der Waals surface area contributed by atoms with Crippen molar-refractivity contribution >= 4 is 29.1 Å². The van der Waals surface area contributed by atoms with Crippen LogP contribution in [0.2, 0.25) is 5.02 Å². The Labute approximate surface area is 135 Å². The molecule has 0 saturated heterocycles. The lowest BCUT2D eigenvalue weighted by atomic mass is 10.1. The number of rotatable bonds is 4. The van der Waals surface area contributed by atoms with Gasteiger partial charge in [-0.15, -0.1) is 5.10 Å². The van der Waals surface area contributed by atoms with E-state index in [1.807, 2.05) is 19.9 Å². The van der Waals surface area contributed by atoms with Gasteiger partial charge in [-0.1, -0.05) is 30.5 Å². The van der Waals surface area contributed by atoms with Gasteiger partial charge in [-0.05, 0) is 43.9 Å². The number of aromatic nitrogens is 3. The van der Waals surface area contributed by atoms with Crippen molar-refractivity contribution in [1.29, 1.82) is 0 Å². The van der Waals surface area contributed by atoms with Crippen molar-refractivity contribution in [3.05, 3.63) is 34.5 Å². The van der Waals surface area contributed by atoms with E-state index in [4.69, 9.17) is 11.6 Å². The maximum atomic E-state index is 6.31. The van der Waals surface area contributed by atoms with Crippen LogP contribution in [0.15, 0.2) is 18.3 Å². The van der Waals surface area contributed by atoms with Gasteiger partial charge in [0.1, 0.15) is 0 Å². The molecule has 1 aliphatic rings. The second-order valence-corrected chi connectivity index (χ2v) is 6.26. The Morgan fingerprint density at radius 3 is 2.68 bits per heavy atom. The first-order chi connectivity index (χ1) is 10.6. The van der Waals surface area contributed by atoms with E-state index in [1.54, 1.807) is 6.20 Å². The Kier molecular flexibility index (Phi) is 4.43. The molecule has 1 aliphatic carbocycles. The van der Waals surface area contributed by atoms with Gasteiger partial charge >= 0.3 is 0 Å². The third-order valence-electron chi connectivity index (χ3n) is 3.93. The first kappa shape index (κ1) is 15.0. The molecular weight excluding hydrogens is 298 g/mol. The zero-order valence-corrected chi connectivity index (χ0v) is 13.6. The molecule has 116 valence electrons. The number of benzene rings is 1. The Balaban J connectivity index is 1.78. The number of halogens is 1. The van der Waals surface area contributed by atoms with Crippen LogP contribution in [0, 0.1) is 13.8 Å². The van der Waals surface area contributed by atoms with Crippen molar-refractivity contribution in [3.63, 3.8) is 0 Å². The highest BCUT2D eigenvalue weighted by Gasteiger charge is 2.15. The van der Waals surface area contributed by atoms with Crippen LogP contribution in [-0.2, 0) is 0 Å². The standard InChI is InChI=1S/C16H20ClN5/c1-10-7-11(2)15(13(17)8-10)21-16-20-14(9-18-22-16)19-12-5-3-4-6-12/h7-9,12H,3-6H2,1-2H3,(H2,19,20,21,22). The van der Waals surface area contributed by atoms with Gasteiger partial charge < -0.3 is 10.6 Å². The lowest BCUT2D eigenvalue weighted by molar-refractivity contribution is 0.747. The summed E-state index contributed by atoms with van der Waals surface area (Å²) in [7, 11) is 0. The van der Waals surface area contributed by atoms with Crippen LogP contribution in [0.1, 0.15) is 36.8 Å². The van der Waals surface area contributed by atoms with E-state index in [0.717, 1.165) is 22.6 Å². The number of aryl methyl sites for hydroxylation is 2. The molecular formula is C16H20ClN5. The molecule has 6 heteroatoms. The van der Waals surface area contributed by atoms with Crippen molar-refractivity contribution < 1.29 is 0 Å². The highest BCUT2D eigenvalue weighted by atomic mass is 35.5. The van der Waals surface area contributed by atoms with E-state index >= 15 is 0 Å². The summed E-state index contributed by atoms with van der Waals surface area (Å²) in [6.45, 7) is 4.03. The minimum absolute atomic E-state index is 0.455. The molecule has 0 bridgehead atoms. The molecule has 0 unspecified atom stereocenters. The predicted octanol–water partition coefficient (Wildman–Crippen LogP) is 4.24. The SMILES string of the molecule is Cc1cc(C)c(Nc2nncc(NC3CCCC3)n2)c(Cl)c1. The number of nitrogens with zero attached hydrogens (tertiary/aromatic N) is 3. The molecule has 5 nitrogen and oxygen atoms in total. The molecule has 22 heavy (non-hydrogen) atoms. The largest absolute Gasteiger partial charge is 0.366 e. The average molecular weight is 318 g/mol. The molecule has 0 atom stereocenters. The molecule has 3 rings (SSSR count). The zero-order valence-electron chi connectivity index (χ0n) is 12.9. The lowest BCUT2D eigenvalue weighted by Gasteiger charge is -2.14. The predicted molar refractivity (Wildman–Crippen MR) is 89.9 cm³/mol. The van der Waals surface area contributed by atoms with E-state index in [-0.39, 0.29) is 0 Å². The molecule has 1 aromatic heterocycles. The van der Waals surface area contributed by atoms with Crippen LogP contribution < -0.4 is 10.6 Å².